The highest BCUT2D eigenvalue weighted by Crippen LogP contribution is 2.13. The molecule has 0 amide bonds. The third-order valence-electron chi connectivity index (χ3n) is 2.00. The Kier molecular flexibility index (Phi) is 3.22. The molecule has 4 heteroatoms. The number of aryl methyl sites for hydroxylation is 1. The molecule has 0 saturated heterocycles. The van der Waals surface area contributed by atoms with E-state index in [9.17, 15) is 0 Å². The fraction of sp³-hybridized carbons (Fsp3) is 0.750. The molecule has 0 radical (unpaired) electrons. The van der Waals surface area contributed by atoms with Crippen molar-refractivity contribution in [2.45, 2.75) is 32.2 Å². The van der Waals surface area contributed by atoms with Gasteiger partial charge in [0.15, 0.2) is 0 Å². The summed E-state index contributed by atoms with van der Waals surface area (Å²) in [5, 5.41) is 7.62. The van der Waals surface area contributed by atoms with Gasteiger partial charge in [0.2, 0.25) is 0 Å². The first-order valence-electron chi connectivity index (χ1n) is 4.36. The van der Waals surface area contributed by atoms with Crippen LogP contribution >= 0.6 is 0 Å². The summed E-state index contributed by atoms with van der Waals surface area (Å²) in [6.07, 6.45) is 5.09. The van der Waals surface area contributed by atoms with Gasteiger partial charge >= 0.3 is 0 Å². The van der Waals surface area contributed by atoms with Gasteiger partial charge in [-0.1, -0.05) is 25.0 Å². The summed E-state index contributed by atoms with van der Waals surface area (Å²) in [7, 11) is 1.87. The van der Waals surface area contributed by atoms with Crippen LogP contribution in [0.3, 0.4) is 0 Å². The highest BCUT2D eigenvalue weighted by molar-refractivity contribution is 4.99. The van der Waals surface area contributed by atoms with E-state index in [1.807, 2.05) is 7.05 Å². The van der Waals surface area contributed by atoms with E-state index in [1.165, 1.54) is 6.42 Å². The fourth-order valence-electron chi connectivity index (χ4n) is 1.21. The second kappa shape index (κ2) is 4.21. The molecule has 1 aromatic heterocycles. The normalized spacial score (nSPS) is 13.2. The van der Waals surface area contributed by atoms with Crippen LogP contribution in [0.4, 0.5) is 0 Å². The molecule has 0 spiro atoms. The number of nitrogens with zero attached hydrogens (tertiary/aromatic N) is 3. The minimum Gasteiger partial charge on any atom is -0.323 e. The van der Waals surface area contributed by atoms with Gasteiger partial charge in [0.1, 0.15) is 0 Å². The van der Waals surface area contributed by atoms with Crippen molar-refractivity contribution in [3.8, 4) is 0 Å². The lowest BCUT2D eigenvalue weighted by atomic mass is 10.1. The first-order chi connectivity index (χ1) is 5.75. The van der Waals surface area contributed by atoms with Crippen LogP contribution in [0.5, 0.6) is 0 Å². The largest absolute Gasteiger partial charge is 0.323 e. The standard InChI is InChI=1S/C8H16N4/c1-3-4-5-7(9)8-6-10-11-12(8)2/h6-7H,3-5,9H2,1-2H3. The van der Waals surface area contributed by atoms with Gasteiger partial charge in [0, 0.05) is 13.1 Å². The summed E-state index contributed by atoms with van der Waals surface area (Å²) in [5.41, 5.74) is 6.94. The number of nitrogens with two attached hydrogens (primary N) is 1. The molecule has 4 nitrogen and oxygen atoms in total. The molecule has 0 fully saturated rings. The summed E-state index contributed by atoms with van der Waals surface area (Å²) in [6, 6.07) is 0.0879. The lowest BCUT2D eigenvalue weighted by Gasteiger charge is -2.09. The van der Waals surface area contributed by atoms with E-state index in [2.05, 4.69) is 17.2 Å². The molecule has 1 heterocycles. The van der Waals surface area contributed by atoms with Gasteiger partial charge in [-0.2, -0.15) is 0 Å². The second-order valence-corrected chi connectivity index (χ2v) is 3.03. The third kappa shape index (κ3) is 2.04. The Morgan fingerprint density at radius 2 is 2.42 bits per heavy atom. The Labute approximate surface area is 72.8 Å². The van der Waals surface area contributed by atoms with Gasteiger partial charge in [0.25, 0.3) is 0 Å². The Balaban J connectivity index is 2.52. The fourth-order valence-corrected chi connectivity index (χ4v) is 1.21. The molecule has 0 saturated carbocycles. The van der Waals surface area contributed by atoms with Crippen LogP contribution in [0.2, 0.25) is 0 Å². The van der Waals surface area contributed by atoms with E-state index >= 15 is 0 Å². The molecule has 1 aromatic rings. The molecule has 0 aliphatic rings. The maximum Gasteiger partial charge on any atom is 0.0751 e. The predicted molar refractivity (Wildman–Crippen MR) is 47.5 cm³/mol. The summed E-state index contributed by atoms with van der Waals surface area (Å²) in [6.45, 7) is 2.16. The Bertz CT molecular complexity index is 231. The highest BCUT2D eigenvalue weighted by atomic mass is 15.4. The molecule has 0 bridgehead atoms. The lowest BCUT2D eigenvalue weighted by Crippen LogP contribution is -2.14. The van der Waals surface area contributed by atoms with E-state index < -0.39 is 0 Å². The van der Waals surface area contributed by atoms with E-state index in [-0.39, 0.29) is 6.04 Å². The zero-order valence-electron chi connectivity index (χ0n) is 7.70. The molecule has 1 unspecified atom stereocenters. The summed E-state index contributed by atoms with van der Waals surface area (Å²) < 4.78 is 1.74. The van der Waals surface area contributed by atoms with Crippen molar-refractivity contribution in [3.05, 3.63) is 11.9 Å². The molecular weight excluding hydrogens is 152 g/mol. The van der Waals surface area contributed by atoms with Crippen molar-refractivity contribution in [1.29, 1.82) is 0 Å². The van der Waals surface area contributed by atoms with Gasteiger partial charge in [-0.3, -0.25) is 4.68 Å². The van der Waals surface area contributed by atoms with Crippen molar-refractivity contribution in [2.24, 2.45) is 12.8 Å². The average Bonchev–Trinajstić information content (AvgIpc) is 2.47. The molecule has 1 atom stereocenters. The molecule has 12 heavy (non-hydrogen) atoms. The Morgan fingerprint density at radius 3 is 2.92 bits per heavy atom. The summed E-state index contributed by atoms with van der Waals surface area (Å²) in [5.74, 6) is 0. The van der Waals surface area contributed by atoms with Crippen LogP contribution in [0.15, 0.2) is 6.20 Å². The Morgan fingerprint density at radius 1 is 1.67 bits per heavy atom. The van der Waals surface area contributed by atoms with Crippen LogP contribution < -0.4 is 5.73 Å². The second-order valence-electron chi connectivity index (χ2n) is 3.03. The molecule has 0 aliphatic heterocycles. The van der Waals surface area contributed by atoms with Crippen molar-refractivity contribution in [1.82, 2.24) is 15.0 Å². The molecule has 0 aliphatic carbocycles. The number of rotatable bonds is 4. The number of aromatic nitrogens is 3. The van der Waals surface area contributed by atoms with Crippen molar-refractivity contribution in [2.75, 3.05) is 0 Å². The van der Waals surface area contributed by atoms with Gasteiger partial charge in [-0.05, 0) is 6.42 Å². The molecular formula is C8H16N4. The monoisotopic (exact) mass is 168 g/mol. The number of hydrogen-bond donors (Lipinski definition) is 1. The molecule has 68 valence electrons. The van der Waals surface area contributed by atoms with E-state index in [4.69, 9.17) is 5.73 Å². The summed E-state index contributed by atoms with van der Waals surface area (Å²) >= 11 is 0. The van der Waals surface area contributed by atoms with Gasteiger partial charge < -0.3 is 5.73 Å². The zero-order valence-corrected chi connectivity index (χ0v) is 7.70. The van der Waals surface area contributed by atoms with Crippen molar-refractivity contribution in [3.63, 3.8) is 0 Å². The van der Waals surface area contributed by atoms with Crippen molar-refractivity contribution >= 4 is 0 Å². The maximum atomic E-state index is 5.93. The van der Waals surface area contributed by atoms with E-state index in [0.29, 0.717) is 0 Å². The SMILES string of the molecule is CCCCC(N)c1cnnn1C. The van der Waals surface area contributed by atoms with Crippen LogP contribution in [-0.2, 0) is 7.05 Å². The van der Waals surface area contributed by atoms with Crippen LogP contribution in [0.25, 0.3) is 0 Å². The van der Waals surface area contributed by atoms with Crippen LogP contribution in [0, 0.1) is 0 Å². The third-order valence-corrected chi connectivity index (χ3v) is 2.00. The van der Waals surface area contributed by atoms with E-state index in [1.54, 1.807) is 10.9 Å². The average molecular weight is 168 g/mol. The minimum absolute atomic E-state index is 0.0879. The molecule has 0 aromatic carbocycles. The van der Waals surface area contributed by atoms with Gasteiger partial charge in [0.05, 0.1) is 11.9 Å². The maximum absolute atomic E-state index is 5.93. The smallest absolute Gasteiger partial charge is 0.0751 e. The van der Waals surface area contributed by atoms with Gasteiger partial charge in [-0.15, -0.1) is 5.10 Å². The van der Waals surface area contributed by atoms with Gasteiger partial charge in [-0.25, -0.2) is 0 Å². The quantitative estimate of drug-likeness (QED) is 0.729. The molecule has 1 rings (SSSR count). The van der Waals surface area contributed by atoms with Crippen molar-refractivity contribution < 1.29 is 0 Å². The lowest BCUT2D eigenvalue weighted by molar-refractivity contribution is 0.552. The first-order valence-corrected chi connectivity index (χ1v) is 4.36. The Hall–Kier alpha value is -0.900. The minimum atomic E-state index is 0.0879. The topological polar surface area (TPSA) is 56.7 Å². The molecule has 2 N–H and O–H groups in total. The van der Waals surface area contributed by atoms with Crippen LogP contribution in [-0.4, -0.2) is 15.0 Å². The first kappa shape index (κ1) is 9.19. The van der Waals surface area contributed by atoms with Crippen LogP contribution in [0.1, 0.15) is 37.9 Å². The number of unbranched alkanes of at least 4 members (excludes halogenated alkanes) is 1. The predicted octanol–water partition coefficient (Wildman–Crippen LogP) is 1.01. The summed E-state index contributed by atoms with van der Waals surface area (Å²) in [4.78, 5) is 0. The highest BCUT2D eigenvalue weighted by Gasteiger charge is 2.09. The van der Waals surface area contributed by atoms with E-state index in [0.717, 1.165) is 18.5 Å². The zero-order chi connectivity index (χ0) is 8.97. The number of hydrogen-bond acceptors (Lipinski definition) is 3.